The number of anilines is 1. The Hall–Kier alpha value is -2.23. The van der Waals surface area contributed by atoms with Gasteiger partial charge in [-0.3, -0.25) is 14.5 Å². The highest BCUT2D eigenvalue weighted by molar-refractivity contribution is 7.16. The molecule has 2 N–H and O–H groups in total. The summed E-state index contributed by atoms with van der Waals surface area (Å²) < 4.78 is 4.85. The van der Waals surface area contributed by atoms with Gasteiger partial charge in [-0.25, -0.2) is 4.79 Å². The molecular weight excluding hydrogens is 410 g/mol. The second-order valence-corrected chi connectivity index (χ2v) is 9.07. The zero-order valence-electron chi connectivity index (χ0n) is 16.7. The molecule has 2 aromatic rings. The topological polar surface area (TPSA) is 87.7 Å². The van der Waals surface area contributed by atoms with Crippen LogP contribution in [-0.4, -0.2) is 55.5 Å². The van der Waals surface area contributed by atoms with E-state index in [0.717, 1.165) is 36.4 Å². The summed E-state index contributed by atoms with van der Waals surface area (Å²) in [6.07, 6.45) is 1.60. The van der Waals surface area contributed by atoms with Crippen molar-refractivity contribution in [2.75, 3.05) is 32.1 Å². The van der Waals surface area contributed by atoms with E-state index >= 15 is 0 Å². The van der Waals surface area contributed by atoms with E-state index in [0.29, 0.717) is 16.1 Å². The van der Waals surface area contributed by atoms with Crippen LogP contribution in [0.25, 0.3) is 0 Å². The van der Waals surface area contributed by atoms with Crippen LogP contribution in [0.4, 0.5) is 5.00 Å². The van der Waals surface area contributed by atoms with Gasteiger partial charge in [-0.15, -0.1) is 11.3 Å². The fraction of sp³-hybridized carbons (Fsp3) is 0.450. The number of hydrogen-bond donors (Lipinski definition) is 2. The molecule has 0 aromatic carbocycles. The number of carbonyl (C=O) groups excluding carboxylic acids is 3. The van der Waals surface area contributed by atoms with E-state index in [-0.39, 0.29) is 24.4 Å². The van der Waals surface area contributed by atoms with E-state index in [4.69, 9.17) is 4.74 Å². The van der Waals surface area contributed by atoms with E-state index in [9.17, 15) is 14.4 Å². The molecule has 2 aromatic heterocycles. The molecule has 156 valence electrons. The first kappa shape index (κ1) is 21.5. The quantitative estimate of drug-likeness (QED) is 0.681. The van der Waals surface area contributed by atoms with Gasteiger partial charge in [0.1, 0.15) is 5.00 Å². The zero-order valence-corrected chi connectivity index (χ0v) is 18.4. The molecule has 7 nitrogen and oxygen atoms in total. The second-order valence-electron chi connectivity index (χ2n) is 7.06. The van der Waals surface area contributed by atoms with Crippen molar-refractivity contribution in [3.63, 3.8) is 0 Å². The average molecular weight is 436 g/mol. The van der Waals surface area contributed by atoms with Crippen LogP contribution in [0.3, 0.4) is 0 Å². The summed E-state index contributed by atoms with van der Waals surface area (Å²) in [5.74, 6) is -0.636. The maximum atomic E-state index is 12.5. The van der Waals surface area contributed by atoms with Gasteiger partial charge in [0.05, 0.1) is 19.2 Å². The molecular formula is C20H25N3O4S2. The number of amides is 2. The summed E-state index contributed by atoms with van der Waals surface area (Å²) in [7, 11) is 1.33. The molecule has 1 saturated heterocycles. The maximum Gasteiger partial charge on any atom is 0.341 e. The number of nitrogens with zero attached hydrogens (tertiary/aromatic N) is 1. The smallest absolute Gasteiger partial charge is 0.341 e. The largest absolute Gasteiger partial charge is 0.465 e. The standard InChI is InChI=1S/C20H25N3O4S2/c1-12-13(2)29-19(17(12)20(26)27-3)22-16(24)10-23-7-4-15(5-8-23)21-18(25)14-6-9-28-11-14/h6,9,11,15H,4-5,7-8,10H2,1-3H3,(H,21,25)(H,22,24). The van der Waals surface area contributed by atoms with Gasteiger partial charge in [-0.05, 0) is 43.7 Å². The first-order valence-electron chi connectivity index (χ1n) is 9.42. The molecule has 0 aliphatic carbocycles. The number of ether oxygens (including phenoxy) is 1. The summed E-state index contributed by atoms with van der Waals surface area (Å²) in [6.45, 7) is 5.48. The summed E-state index contributed by atoms with van der Waals surface area (Å²) >= 11 is 2.89. The first-order chi connectivity index (χ1) is 13.9. The Kier molecular flexibility index (Phi) is 7.05. The predicted octanol–water partition coefficient (Wildman–Crippen LogP) is 3.05. The van der Waals surface area contributed by atoms with Crippen LogP contribution >= 0.6 is 22.7 Å². The van der Waals surface area contributed by atoms with Crippen molar-refractivity contribution in [1.82, 2.24) is 10.2 Å². The predicted molar refractivity (Wildman–Crippen MR) is 115 cm³/mol. The number of piperidine rings is 1. The molecule has 9 heteroatoms. The van der Waals surface area contributed by atoms with Crippen LogP contribution in [0.1, 0.15) is 44.0 Å². The van der Waals surface area contributed by atoms with Crippen LogP contribution in [0.5, 0.6) is 0 Å². The SMILES string of the molecule is COC(=O)c1c(NC(=O)CN2CCC(NC(=O)c3ccsc3)CC2)sc(C)c1C. The molecule has 3 heterocycles. The highest BCUT2D eigenvalue weighted by atomic mass is 32.1. The Balaban J connectivity index is 1.50. The van der Waals surface area contributed by atoms with Gasteiger partial charge >= 0.3 is 5.97 Å². The number of methoxy groups -OCH3 is 1. The van der Waals surface area contributed by atoms with Gasteiger partial charge in [0, 0.05) is 35.0 Å². The summed E-state index contributed by atoms with van der Waals surface area (Å²) in [5.41, 5.74) is 1.96. The fourth-order valence-electron chi connectivity index (χ4n) is 3.33. The van der Waals surface area contributed by atoms with Crippen LogP contribution in [-0.2, 0) is 9.53 Å². The zero-order chi connectivity index (χ0) is 21.0. The van der Waals surface area contributed by atoms with Gasteiger partial charge in [0.25, 0.3) is 5.91 Å². The molecule has 0 bridgehead atoms. The van der Waals surface area contributed by atoms with E-state index in [1.54, 1.807) is 0 Å². The van der Waals surface area contributed by atoms with Crippen molar-refractivity contribution < 1.29 is 19.1 Å². The highest BCUT2D eigenvalue weighted by Crippen LogP contribution is 2.33. The van der Waals surface area contributed by atoms with E-state index in [2.05, 4.69) is 15.5 Å². The summed E-state index contributed by atoms with van der Waals surface area (Å²) in [4.78, 5) is 39.7. The Morgan fingerprint density at radius 1 is 1.24 bits per heavy atom. The van der Waals surface area contributed by atoms with Crippen molar-refractivity contribution in [2.24, 2.45) is 0 Å². The van der Waals surface area contributed by atoms with Gasteiger partial charge in [-0.2, -0.15) is 11.3 Å². The van der Waals surface area contributed by atoms with E-state index in [1.165, 1.54) is 29.8 Å². The van der Waals surface area contributed by atoms with Crippen molar-refractivity contribution in [2.45, 2.75) is 32.7 Å². The lowest BCUT2D eigenvalue weighted by Crippen LogP contribution is -2.46. The molecule has 0 atom stereocenters. The first-order valence-corrected chi connectivity index (χ1v) is 11.2. The van der Waals surface area contributed by atoms with Gasteiger partial charge < -0.3 is 15.4 Å². The lowest BCUT2D eigenvalue weighted by atomic mass is 10.0. The number of nitrogens with one attached hydrogen (secondary N) is 2. The Bertz CT molecular complexity index is 884. The Morgan fingerprint density at radius 2 is 1.97 bits per heavy atom. The minimum absolute atomic E-state index is 0.0405. The third-order valence-electron chi connectivity index (χ3n) is 5.10. The Morgan fingerprint density at radius 3 is 2.59 bits per heavy atom. The van der Waals surface area contributed by atoms with Crippen LogP contribution < -0.4 is 10.6 Å². The molecule has 1 aliphatic rings. The molecule has 3 rings (SSSR count). The summed E-state index contributed by atoms with van der Waals surface area (Å²) in [6, 6.07) is 1.94. The van der Waals surface area contributed by atoms with Crippen LogP contribution in [0, 0.1) is 13.8 Å². The number of hydrogen-bond acceptors (Lipinski definition) is 7. The average Bonchev–Trinajstić information content (AvgIpc) is 3.32. The molecule has 0 saturated carbocycles. The molecule has 0 unspecified atom stereocenters. The number of esters is 1. The monoisotopic (exact) mass is 435 g/mol. The van der Waals surface area contributed by atoms with Gasteiger partial charge in [0.15, 0.2) is 0 Å². The number of likely N-dealkylation sites (tertiary alicyclic amines) is 1. The lowest BCUT2D eigenvalue weighted by Gasteiger charge is -2.31. The van der Waals surface area contributed by atoms with Crippen molar-refractivity contribution in [3.05, 3.63) is 38.4 Å². The lowest BCUT2D eigenvalue weighted by molar-refractivity contribution is -0.117. The molecule has 1 aliphatic heterocycles. The molecule has 0 spiro atoms. The number of carbonyl (C=O) groups is 3. The third kappa shape index (κ3) is 5.23. The van der Waals surface area contributed by atoms with Crippen molar-refractivity contribution >= 4 is 45.5 Å². The third-order valence-corrected chi connectivity index (χ3v) is 6.91. The molecule has 0 radical (unpaired) electrons. The number of thiophene rings is 2. The van der Waals surface area contributed by atoms with E-state index in [1.807, 2.05) is 30.7 Å². The Labute approximate surface area is 178 Å². The maximum absolute atomic E-state index is 12.5. The summed E-state index contributed by atoms with van der Waals surface area (Å²) in [5, 5.41) is 10.2. The molecule has 29 heavy (non-hydrogen) atoms. The van der Waals surface area contributed by atoms with Gasteiger partial charge in [-0.1, -0.05) is 0 Å². The molecule has 1 fully saturated rings. The van der Waals surface area contributed by atoms with Crippen molar-refractivity contribution in [1.29, 1.82) is 0 Å². The number of rotatable bonds is 6. The van der Waals surface area contributed by atoms with Crippen LogP contribution in [0.15, 0.2) is 16.8 Å². The fourth-order valence-corrected chi connectivity index (χ4v) is 5.03. The highest BCUT2D eigenvalue weighted by Gasteiger charge is 2.25. The minimum Gasteiger partial charge on any atom is -0.465 e. The van der Waals surface area contributed by atoms with Crippen LogP contribution in [0.2, 0.25) is 0 Å². The molecule has 2 amide bonds. The van der Waals surface area contributed by atoms with Crippen molar-refractivity contribution in [3.8, 4) is 0 Å². The van der Waals surface area contributed by atoms with Gasteiger partial charge in [0.2, 0.25) is 5.91 Å². The number of aryl methyl sites for hydroxylation is 1. The second kappa shape index (κ2) is 9.51. The van der Waals surface area contributed by atoms with E-state index < -0.39 is 5.97 Å². The normalized spacial score (nSPS) is 15.1. The minimum atomic E-state index is -0.440.